The second-order valence-electron chi connectivity index (χ2n) is 7.54. The maximum atomic E-state index is 11.0. The Morgan fingerprint density at radius 1 is 1.12 bits per heavy atom. The Morgan fingerprint density at radius 3 is 2.40 bits per heavy atom. The molecule has 1 aliphatic heterocycles. The van der Waals surface area contributed by atoms with Crippen LogP contribution in [0.5, 0.6) is 0 Å². The number of fused-ring (bicyclic) bond motifs is 1. The van der Waals surface area contributed by atoms with E-state index in [1.165, 1.54) is 28.8 Å². The number of carbonyl (C=O) groups is 1. The number of benzene rings is 2. The molecule has 0 saturated heterocycles. The number of allylic oxidation sites excluding steroid dienone is 1. The van der Waals surface area contributed by atoms with E-state index in [1.807, 2.05) is 12.1 Å². The number of aromatic carboxylic acids is 1. The molecule has 2 aromatic rings. The van der Waals surface area contributed by atoms with Gasteiger partial charge in [0.25, 0.3) is 0 Å². The SMILES string of the molecule is CC(=Cc1ccc(C(=O)O)cc1)c1ccc2c(c1)N(C)CCC2(C)C. The van der Waals surface area contributed by atoms with E-state index in [-0.39, 0.29) is 5.41 Å². The third kappa shape index (κ3) is 3.46. The van der Waals surface area contributed by atoms with Crippen molar-refractivity contribution in [1.29, 1.82) is 0 Å². The molecule has 0 amide bonds. The van der Waals surface area contributed by atoms with Gasteiger partial charge in [0, 0.05) is 19.3 Å². The van der Waals surface area contributed by atoms with Crippen LogP contribution in [0.1, 0.15) is 54.2 Å². The lowest BCUT2D eigenvalue weighted by Gasteiger charge is -2.38. The molecule has 0 fully saturated rings. The molecule has 0 unspecified atom stereocenters. The quantitative estimate of drug-likeness (QED) is 0.797. The van der Waals surface area contributed by atoms with Gasteiger partial charge in [-0.15, -0.1) is 0 Å². The number of hydrogen-bond acceptors (Lipinski definition) is 2. The zero-order valence-corrected chi connectivity index (χ0v) is 15.3. The van der Waals surface area contributed by atoms with Gasteiger partial charge in [-0.2, -0.15) is 0 Å². The van der Waals surface area contributed by atoms with Gasteiger partial charge >= 0.3 is 5.97 Å². The van der Waals surface area contributed by atoms with Gasteiger partial charge in [-0.1, -0.05) is 44.2 Å². The molecule has 2 aromatic carbocycles. The zero-order chi connectivity index (χ0) is 18.2. The Balaban J connectivity index is 1.93. The zero-order valence-electron chi connectivity index (χ0n) is 15.3. The first-order valence-electron chi connectivity index (χ1n) is 8.66. The van der Waals surface area contributed by atoms with E-state index in [0.29, 0.717) is 5.56 Å². The lowest BCUT2D eigenvalue weighted by atomic mass is 9.77. The Morgan fingerprint density at radius 2 is 1.76 bits per heavy atom. The fraction of sp³-hybridized carbons (Fsp3) is 0.318. The molecule has 0 aliphatic carbocycles. The second-order valence-corrected chi connectivity index (χ2v) is 7.54. The van der Waals surface area contributed by atoms with Crippen LogP contribution in [0.25, 0.3) is 11.6 Å². The normalized spacial score (nSPS) is 16.5. The first-order chi connectivity index (χ1) is 11.8. The number of carboxylic acids is 1. The Hall–Kier alpha value is -2.55. The van der Waals surface area contributed by atoms with Crippen molar-refractivity contribution >= 4 is 23.3 Å². The summed E-state index contributed by atoms with van der Waals surface area (Å²) in [5, 5.41) is 9.00. The van der Waals surface area contributed by atoms with Crippen LogP contribution >= 0.6 is 0 Å². The van der Waals surface area contributed by atoms with Gasteiger partial charge in [-0.3, -0.25) is 0 Å². The summed E-state index contributed by atoms with van der Waals surface area (Å²) in [6, 6.07) is 13.7. The minimum Gasteiger partial charge on any atom is -0.478 e. The van der Waals surface area contributed by atoms with E-state index in [4.69, 9.17) is 5.11 Å². The summed E-state index contributed by atoms with van der Waals surface area (Å²) < 4.78 is 0. The van der Waals surface area contributed by atoms with Gasteiger partial charge in [0.05, 0.1) is 5.56 Å². The average Bonchev–Trinajstić information content (AvgIpc) is 2.58. The Bertz CT molecular complexity index is 832. The van der Waals surface area contributed by atoms with Crippen molar-refractivity contribution in [3.63, 3.8) is 0 Å². The molecule has 0 spiro atoms. The highest BCUT2D eigenvalue weighted by Gasteiger charge is 2.29. The standard InChI is InChI=1S/C22H25NO2/c1-15(13-16-5-7-17(8-6-16)21(24)25)18-9-10-19-20(14-18)23(4)12-11-22(19,2)3/h5-10,13-14H,11-12H2,1-4H3,(H,24,25). The van der Waals surface area contributed by atoms with E-state index in [1.54, 1.807) is 12.1 Å². The predicted molar refractivity (Wildman–Crippen MR) is 104 cm³/mol. The largest absolute Gasteiger partial charge is 0.478 e. The van der Waals surface area contributed by atoms with Gasteiger partial charge in [0.1, 0.15) is 0 Å². The van der Waals surface area contributed by atoms with Gasteiger partial charge in [-0.05, 0) is 59.2 Å². The van der Waals surface area contributed by atoms with Crippen molar-refractivity contribution in [2.45, 2.75) is 32.6 Å². The lowest BCUT2D eigenvalue weighted by Crippen LogP contribution is -2.34. The van der Waals surface area contributed by atoms with Crippen molar-refractivity contribution in [1.82, 2.24) is 0 Å². The van der Waals surface area contributed by atoms with Crippen molar-refractivity contribution < 1.29 is 9.90 Å². The smallest absolute Gasteiger partial charge is 0.335 e. The molecule has 0 radical (unpaired) electrons. The molecule has 0 aromatic heterocycles. The van der Waals surface area contributed by atoms with E-state index >= 15 is 0 Å². The Kier molecular flexibility index (Phi) is 4.42. The van der Waals surface area contributed by atoms with Crippen molar-refractivity contribution in [2.75, 3.05) is 18.5 Å². The molecule has 1 N–H and O–H groups in total. The fourth-order valence-electron chi connectivity index (χ4n) is 3.42. The fourth-order valence-corrected chi connectivity index (χ4v) is 3.42. The van der Waals surface area contributed by atoms with Gasteiger partial charge in [0.15, 0.2) is 0 Å². The molecule has 0 atom stereocenters. The van der Waals surface area contributed by atoms with Gasteiger partial charge in [0.2, 0.25) is 0 Å². The highest BCUT2D eigenvalue weighted by atomic mass is 16.4. The molecular formula is C22H25NO2. The highest BCUT2D eigenvalue weighted by Crippen LogP contribution is 2.40. The van der Waals surface area contributed by atoms with E-state index < -0.39 is 5.97 Å². The van der Waals surface area contributed by atoms with Crippen LogP contribution in [0.15, 0.2) is 42.5 Å². The number of rotatable bonds is 3. The maximum absolute atomic E-state index is 11.0. The summed E-state index contributed by atoms with van der Waals surface area (Å²) in [6.07, 6.45) is 3.27. The molecule has 3 heteroatoms. The number of nitrogens with zero attached hydrogens (tertiary/aromatic N) is 1. The molecule has 0 saturated carbocycles. The summed E-state index contributed by atoms with van der Waals surface area (Å²) in [7, 11) is 2.15. The Labute approximate surface area is 149 Å². The first-order valence-corrected chi connectivity index (χ1v) is 8.66. The van der Waals surface area contributed by atoms with Crippen LogP contribution in [0.3, 0.4) is 0 Å². The summed E-state index contributed by atoms with van der Waals surface area (Å²) >= 11 is 0. The lowest BCUT2D eigenvalue weighted by molar-refractivity contribution is 0.0697. The van der Waals surface area contributed by atoms with Crippen LogP contribution in [0.4, 0.5) is 5.69 Å². The molecular weight excluding hydrogens is 310 g/mol. The number of hydrogen-bond donors (Lipinski definition) is 1. The monoisotopic (exact) mass is 335 g/mol. The van der Waals surface area contributed by atoms with E-state index in [0.717, 1.165) is 12.1 Å². The summed E-state index contributed by atoms with van der Waals surface area (Å²) in [5.74, 6) is -0.896. The summed E-state index contributed by atoms with van der Waals surface area (Å²) in [6.45, 7) is 7.79. The topological polar surface area (TPSA) is 40.5 Å². The highest BCUT2D eigenvalue weighted by molar-refractivity contribution is 5.88. The van der Waals surface area contributed by atoms with Crippen LogP contribution in [0, 0.1) is 0 Å². The minimum absolute atomic E-state index is 0.213. The van der Waals surface area contributed by atoms with Crippen LogP contribution in [0.2, 0.25) is 0 Å². The van der Waals surface area contributed by atoms with Crippen LogP contribution in [-0.4, -0.2) is 24.7 Å². The van der Waals surface area contributed by atoms with Crippen LogP contribution in [-0.2, 0) is 5.41 Å². The molecule has 0 bridgehead atoms. The average molecular weight is 335 g/mol. The number of anilines is 1. The maximum Gasteiger partial charge on any atom is 0.335 e. The molecule has 1 heterocycles. The third-order valence-electron chi connectivity index (χ3n) is 5.21. The molecule has 130 valence electrons. The molecule has 1 aliphatic rings. The third-order valence-corrected chi connectivity index (χ3v) is 5.21. The van der Waals surface area contributed by atoms with E-state index in [9.17, 15) is 4.79 Å². The summed E-state index contributed by atoms with van der Waals surface area (Å²) in [4.78, 5) is 13.3. The molecule has 3 nitrogen and oxygen atoms in total. The second kappa shape index (κ2) is 6.40. The summed E-state index contributed by atoms with van der Waals surface area (Å²) in [5.41, 5.74) is 6.62. The molecule has 25 heavy (non-hydrogen) atoms. The number of carboxylic acid groups (broad SMARTS) is 1. The van der Waals surface area contributed by atoms with Crippen molar-refractivity contribution in [3.05, 3.63) is 64.7 Å². The van der Waals surface area contributed by atoms with Crippen molar-refractivity contribution in [3.8, 4) is 0 Å². The molecule has 3 rings (SSSR count). The van der Waals surface area contributed by atoms with Crippen molar-refractivity contribution in [2.24, 2.45) is 0 Å². The van der Waals surface area contributed by atoms with E-state index in [2.05, 4.69) is 57.0 Å². The first kappa shape index (κ1) is 17.3. The van der Waals surface area contributed by atoms with Gasteiger partial charge in [-0.25, -0.2) is 4.79 Å². The van der Waals surface area contributed by atoms with Crippen LogP contribution < -0.4 is 4.90 Å². The predicted octanol–water partition coefficient (Wildman–Crippen LogP) is 5.06. The van der Waals surface area contributed by atoms with Gasteiger partial charge < -0.3 is 10.0 Å². The minimum atomic E-state index is -0.896.